The molecule has 2 heterocycles. The fourth-order valence-corrected chi connectivity index (χ4v) is 2.81. The highest BCUT2D eigenvalue weighted by Gasteiger charge is 2.15. The van der Waals surface area contributed by atoms with E-state index in [2.05, 4.69) is 33.3 Å². The zero-order chi connectivity index (χ0) is 13.2. The van der Waals surface area contributed by atoms with Gasteiger partial charge in [-0.1, -0.05) is 0 Å². The number of fused-ring (bicyclic) bond motifs is 1. The van der Waals surface area contributed by atoms with Gasteiger partial charge in [-0.3, -0.25) is 0 Å². The quantitative estimate of drug-likeness (QED) is 0.779. The lowest BCUT2D eigenvalue weighted by Crippen LogP contribution is -2.34. The lowest BCUT2D eigenvalue weighted by Gasteiger charge is -2.28. The number of piperidine rings is 1. The van der Waals surface area contributed by atoms with Gasteiger partial charge in [0.25, 0.3) is 0 Å². The molecule has 0 amide bonds. The van der Waals surface area contributed by atoms with Crippen LogP contribution >= 0.6 is 0 Å². The molecule has 5 heteroatoms. The van der Waals surface area contributed by atoms with Crippen LogP contribution in [0.1, 0.15) is 12.8 Å². The first-order valence-electron chi connectivity index (χ1n) is 6.86. The number of nitrogens with one attached hydrogen (secondary N) is 3. The van der Waals surface area contributed by atoms with Gasteiger partial charge in [0.15, 0.2) is 0 Å². The van der Waals surface area contributed by atoms with Gasteiger partial charge >= 0.3 is 5.69 Å². The molecule has 0 unspecified atom stereocenters. The molecule has 5 nitrogen and oxygen atoms in total. The third-order valence-corrected chi connectivity index (χ3v) is 3.93. The van der Waals surface area contributed by atoms with Gasteiger partial charge in [-0.2, -0.15) is 0 Å². The second kappa shape index (κ2) is 5.09. The summed E-state index contributed by atoms with van der Waals surface area (Å²) in [5, 5.41) is 3.39. The van der Waals surface area contributed by atoms with Crippen molar-refractivity contribution in [3.05, 3.63) is 28.7 Å². The molecule has 0 atom stereocenters. The number of anilines is 1. The topological polar surface area (TPSA) is 63.9 Å². The fraction of sp³-hybridized carbons (Fsp3) is 0.500. The third kappa shape index (κ3) is 2.66. The number of hydrogen-bond acceptors (Lipinski definition) is 3. The molecule has 3 rings (SSSR count). The SMILES string of the molecule is CN(CC1CCNCC1)c1ccc2[nH]c(=O)[nH]c2c1. The van der Waals surface area contributed by atoms with Crippen molar-refractivity contribution in [3.8, 4) is 0 Å². The zero-order valence-electron chi connectivity index (χ0n) is 11.2. The number of aromatic nitrogens is 2. The molecule has 1 aromatic heterocycles. The van der Waals surface area contributed by atoms with Crippen molar-refractivity contribution < 1.29 is 0 Å². The summed E-state index contributed by atoms with van der Waals surface area (Å²) < 4.78 is 0. The van der Waals surface area contributed by atoms with Crippen LogP contribution in [0.4, 0.5) is 5.69 Å². The van der Waals surface area contributed by atoms with E-state index in [1.165, 1.54) is 12.8 Å². The third-order valence-electron chi connectivity index (χ3n) is 3.93. The predicted molar refractivity (Wildman–Crippen MR) is 77.8 cm³/mol. The Hall–Kier alpha value is -1.75. The Balaban J connectivity index is 1.76. The minimum atomic E-state index is -0.145. The van der Waals surface area contributed by atoms with E-state index in [4.69, 9.17) is 0 Å². The number of H-pyrrole nitrogens is 2. The van der Waals surface area contributed by atoms with Crippen molar-refractivity contribution in [2.24, 2.45) is 5.92 Å². The van der Waals surface area contributed by atoms with Crippen molar-refractivity contribution in [2.75, 3.05) is 31.6 Å². The van der Waals surface area contributed by atoms with Gasteiger partial charge in [0.1, 0.15) is 0 Å². The Labute approximate surface area is 112 Å². The molecule has 0 saturated carbocycles. The Morgan fingerprint density at radius 1 is 1.21 bits per heavy atom. The lowest BCUT2D eigenvalue weighted by molar-refractivity contribution is 0.378. The summed E-state index contributed by atoms with van der Waals surface area (Å²) in [5.74, 6) is 0.757. The van der Waals surface area contributed by atoms with Crippen LogP contribution in [0.5, 0.6) is 0 Å². The molecule has 3 N–H and O–H groups in total. The summed E-state index contributed by atoms with van der Waals surface area (Å²) in [6.07, 6.45) is 2.49. The van der Waals surface area contributed by atoms with Crippen LogP contribution in [0.15, 0.2) is 23.0 Å². The van der Waals surface area contributed by atoms with Gasteiger partial charge in [-0.05, 0) is 50.0 Å². The number of hydrogen-bond donors (Lipinski definition) is 3. The molecule has 0 aliphatic carbocycles. The zero-order valence-corrected chi connectivity index (χ0v) is 11.2. The maximum absolute atomic E-state index is 11.3. The summed E-state index contributed by atoms with van der Waals surface area (Å²) >= 11 is 0. The van der Waals surface area contributed by atoms with E-state index < -0.39 is 0 Å². The maximum atomic E-state index is 11.3. The Kier molecular flexibility index (Phi) is 3.29. The molecule has 1 saturated heterocycles. The standard InChI is InChI=1S/C14H20N4O/c1-18(9-10-4-6-15-7-5-10)11-2-3-12-13(8-11)17-14(19)16-12/h2-3,8,10,15H,4-7,9H2,1H3,(H2,16,17,19). The summed E-state index contributed by atoms with van der Waals surface area (Å²) in [6.45, 7) is 3.33. The van der Waals surface area contributed by atoms with E-state index in [0.717, 1.165) is 42.3 Å². The molecule has 102 valence electrons. The largest absolute Gasteiger partial charge is 0.374 e. The molecule has 0 radical (unpaired) electrons. The van der Waals surface area contributed by atoms with Crippen molar-refractivity contribution >= 4 is 16.7 Å². The molecule has 1 aliphatic heterocycles. The van der Waals surface area contributed by atoms with Crippen molar-refractivity contribution in [3.63, 3.8) is 0 Å². The lowest BCUT2D eigenvalue weighted by atomic mass is 9.97. The second-order valence-electron chi connectivity index (χ2n) is 5.38. The van der Waals surface area contributed by atoms with Crippen molar-refractivity contribution in [2.45, 2.75) is 12.8 Å². The molecule has 2 aromatic rings. The van der Waals surface area contributed by atoms with Gasteiger partial charge in [0, 0.05) is 19.3 Å². The van der Waals surface area contributed by atoms with Gasteiger partial charge in [0.05, 0.1) is 11.0 Å². The molecular weight excluding hydrogens is 240 g/mol. The Morgan fingerprint density at radius 2 is 1.95 bits per heavy atom. The van der Waals surface area contributed by atoms with Crippen LogP contribution in [0.3, 0.4) is 0 Å². The maximum Gasteiger partial charge on any atom is 0.323 e. The summed E-state index contributed by atoms with van der Waals surface area (Å²) in [6, 6.07) is 6.06. The summed E-state index contributed by atoms with van der Waals surface area (Å²) in [4.78, 5) is 19.1. The first kappa shape index (κ1) is 12.3. The summed E-state index contributed by atoms with van der Waals surface area (Å²) in [5.41, 5.74) is 2.75. The highest BCUT2D eigenvalue weighted by atomic mass is 16.1. The van der Waals surface area contributed by atoms with Gasteiger partial charge in [0.2, 0.25) is 0 Å². The van der Waals surface area contributed by atoms with Crippen molar-refractivity contribution in [1.82, 2.24) is 15.3 Å². The van der Waals surface area contributed by atoms with E-state index in [1.54, 1.807) is 0 Å². The van der Waals surface area contributed by atoms with Crippen LogP contribution in [0, 0.1) is 5.92 Å². The first-order chi connectivity index (χ1) is 9.22. The molecular formula is C14H20N4O. The number of imidazole rings is 1. The molecule has 1 aliphatic rings. The highest BCUT2D eigenvalue weighted by Crippen LogP contribution is 2.21. The van der Waals surface area contributed by atoms with Crippen LogP contribution in [0.25, 0.3) is 11.0 Å². The van der Waals surface area contributed by atoms with Gasteiger partial charge in [-0.15, -0.1) is 0 Å². The first-order valence-corrected chi connectivity index (χ1v) is 6.86. The molecule has 0 bridgehead atoms. The van der Waals surface area contributed by atoms with Crippen LogP contribution in [-0.4, -0.2) is 36.6 Å². The van der Waals surface area contributed by atoms with E-state index in [9.17, 15) is 4.79 Å². The Bertz CT molecular complexity index is 609. The van der Waals surface area contributed by atoms with Crippen LogP contribution in [-0.2, 0) is 0 Å². The van der Waals surface area contributed by atoms with E-state index in [1.807, 2.05) is 12.1 Å². The normalized spacial score (nSPS) is 16.9. The highest BCUT2D eigenvalue weighted by molar-refractivity contribution is 5.78. The number of aromatic amines is 2. The Morgan fingerprint density at radius 3 is 2.74 bits per heavy atom. The van der Waals surface area contributed by atoms with Crippen LogP contribution in [0.2, 0.25) is 0 Å². The van der Waals surface area contributed by atoms with E-state index >= 15 is 0 Å². The minimum Gasteiger partial charge on any atom is -0.374 e. The average molecular weight is 260 g/mol. The number of nitrogens with zero attached hydrogens (tertiary/aromatic N) is 1. The molecule has 19 heavy (non-hydrogen) atoms. The van der Waals surface area contributed by atoms with Gasteiger partial charge < -0.3 is 20.2 Å². The van der Waals surface area contributed by atoms with Gasteiger partial charge in [-0.25, -0.2) is 4.79 Å². The predicted octanol–water partition coefficient (Wildman–Crippen LogP) is 1.29. The molecule has 1 fully saturated rings. The fourth-order valence-electron chi connectivity index (χ4n) is 2.81. The number of benzene rings is 1. The monoisotopic (exact) mass is 260 g/mol. The molecule has 0 spiro atoms. The summed E-state index contributed by atoms with van der Waals surface area (Å²) in [7, 11) is 2.12. The van der Waals surface area contributed by atoms with E-state index in [0.29, 0.717) is 0 Å². The number of rotatable bonds is 3. The average Bonchev–Trinajstić information content (AvgIpc) is 2.78. The molecule has 1 aromatic carbocycles. The minimum absolute atomic E-state index is 0.145. The van der Waals surface area contributed by atoms with Crippen LogP contribution < -0.4 is 15.9 Å². The second-order valence-corrected chi connectivity index (χ2v) is 5.38. The van der Waals surface area contributed by atoms with E-state index in [-0.39, 0.29) is 5.69 Å². The van der Waals surface area contributed by atoms with Crippen molar-refractivity contribution in [1.29, 1.82) is 0 Å². The smallest absolute Gasteiger partial charge is 0.323 e.